The maximum Gasteiger partial charge on any atom is 0.495 e. The average Bonchev–Trinajstić information content (AvgIpc) is 3.41. The van der Waals surface area contributed by atoms with Crippen molar-refractivity contribution in [2.24, 2.45) is 0 Å². The first-order valence-corrected chi connectivity index (χ1v) is 10.5. The molecule has 4 aromatic rings. The maximum atomic E-state index is 12.9. The molecule has 0 aliphatic carbocycles. The molecule has 2 aromatic carbocycles. The number of halogens is 4. The molecule has 0 saturated heterocycles. The van der Waals surface area contributed by atoms with Crippen molar-refractivity contribution < 1.29 is 32.3 Å². The van der Waals surface area contributed by atoms with Gasteiger partial charge in [-0.3, -0.25) is 4.90 Å². The highest BCUT2D eigenvalue weighted by molar-refractivity contribution is 7.07. The number of nitrogens with zero attached hydrogens (tertiary/aromatic N) is 3. The lowest BCUT2D eigenvalue weighted by atomic mass is 10.2. The van der Waals surface area contributed by atoms with Crippen LogP contribution in [-0.2, 0) is 4.79 Å². The minimum atomic E-state index is -5.21. The van der Waals surface area contributed by atoms with Crippen molar-refractivity contribution in [1.82, 2.24) is 9.97 Å². The Morgan fingerprint density at radius 3 is 2.70 bits per heavy atom. The molecule has 2 heterocycles. The van der Waals surface area contributed by atoms with E-state index in [1.165, 1.54) is 40.9 Å². The van der Waals surface area contributed by atoms with Crippen LogP contribution in [0.1, 0.15) is 0 Å². The fraction of sp³-hybridized carbons (Fsp3) is 0.100. The maximum absolute atomic E-state index is 12.9. The number of urea groups is 1. The number of aromatic nitrogens is 3. The minimum Gasteiger partial charge on any atom is -0.307 e. The van der Waals surface area contributed by atoms with E-state index in [1.807, 2.05) is 0 Å². The Kier molecular flexibility index (Phi) is 5.95. The fourth-order valence-electron chi connectivity index (χ4n) is 2.92. The van der Waals surface area contributed by atoms with E-state index < -0.39 is 18.2 Å². The van der Waals surface area contributed by atoms with Crippen LogP contribution < -0.4 is 19.8 Å². The molecule has 0 radical (unpaired) electrons. The van der Waals surface area contributed by atoms with Gasteiger partial charge < -0.3 is 5.32 Å². The quantitative estimate of drug-likeness (QED) is 0.409. The molecule has 4 rings (SSSR count). The van der Waals surface area contributed by atoms with Crippen LogP contribution in [0.15, 0.2) is 53.4 Å². The molecule has 8 nitrogen and oxygen atoms in total. The third kappa shape index (κ3) is 4.76. The van der Waals surface area contributed by atoms with Crippen LogP contribution in [0.3, 0.4) is 0 Å². The third-order valence-corrected chi connectivity index (χ3v) is 5.33. The van der Waals surface area contributed by atoms with Crippen LogP contribution in [0.5, 0.6) is 0 Å². The van der Waals surface area contributed by atoms with E-state index in [4.69, 9.17) is 11.6 Å². The first-order valence-electron chi connectivity index (χ1n) is 9.19. The van der Waals surface area contributed by atoms with Crippen LogP contribution in [-0.4, -0.2) is 35.2 Å². The van der Waals surface area contributed by atoms with Gasteiger partial charge in [0, 0.05) is 34.9 Å². The van der Waals surface area contributed by atoms with Crippen LogP contribution >= 0.6 is 22.9 Å². The molecule has 2 N–H and O–H groups in total. The van der Waals surface area contributed by atoms with Crippen LogP contribution in [0.4, 0.5) is 29.3 Å². The molecular weight excluding hydrogens is 483 g/mol. The lowest BCUT2D eigenvalue weighted by molar-refractivity contribution is -0.841. The summed E-state index contributed by atoms with van der Waals surface area (Å²) in [5.74, 6) is -2.37. The summed E-state index contributed by atoms with van der Waals surface area (Å²) in [5.41, 5.74) is 2.98. The normalized spacial score (nSPS) is 11.4. The first kappa shape index (κ1) is 22.6. The fourth-order valence-corrected chi connectivity index (χ4v) is 3.64. The molecule has 0 bridgehead atoms. The molecule has 0 aliphatic rings. The number of fused-ring (bicyclic) bond motifs is 1. The van der Waals surface area contributed by atoms with Crippen LogP contribution in [0.2, 0.25) is 5.02 Å². The highest BCUT2D eigenvalue weighted by atomic mass is 35.5. The highest BCUT2D eigenvalue weighted by Gasteiger charge is 2.44. The van der Waals surface area contributed by atoms with Crippen LogP contribution in [0, 0.1) is 0 Å². The zero-order valence-electron chi connectivity index (χ0n) is 16.7. The summed E-state index contributed by atoms with van der Waals surface area (Å²) in [6.07, 6.45) is -5.21. The minimum absolute atomic E-state index is 0.0309. The number of H-pyrrole nitrogens is 1. The Balaban J connectivity index is 1.69. The summed E-state index contributed by atoms with van der Waals surface area (Å²) in [6, 6.07) is 10.6. The molecular formula is C20H14ClF3N5O3S+. The van der Waals surface area contributed by atoms with Crippen molar-refractivity contribution in [3.8, 4) is 11.5 Å². The molecule has 13 heteroatoms. The van der Waals surface area contributed by atoms with Gasteiger partial charge >= 0.3 is 24.0 Å². The number of alkyl halides is 3. The van der Waals surface area contributed by atoms with Crippen molar-refractivity contribution >= 4 is 57.3 Å². The van der Waals surface area contributed by atoms with Gasteiger partial charge in [-0.1, -0.05) is 17.7 Å². The molecule has 0 unspecified atom stereocenters. The second-order valence-corrected chi connectivity index (χ2v) is 7.87. The Labute approximate surface area is 193 Å². The van der Waals surface area contributed by atoms with Gasteiger partial charge in [0.1, 0.15) is 0 Å². The number of carbonyl (C=O) groups excluding carboxylic acids is 2. The molecule has 2 aromatic heterocycles. The average molecular weight is 497 g/mol. The number of nitrogens with one attached hydrogen (secondary N) is 2. The lowest BCUT2D eigenvalue weighted by Gasteiger charge is -2.18. The largest absolute Gasteiger partial charge is 0.495 e. The van der Waals surface area contributed by atoms with E-state index >= 15 is 0 Å². The van der Waals surface area contributed by atoms with Crippen molar-refractivity contribution in [2.45, 2.75) is 6.18 Å². The summed E-state index contributed by atoms with van der Waals surface area (Å²) in [7, 11) is 1.53. The van der Waals surface area contributed by atoms with E-state index in [-0.39, 0.29) is 22.7 Å². The number of rotatable bonds is 4. The van der Waals surface area contributed by atoms with Gasteiger partial charge in [0.05, 0.1) is 5.51 Å². The number of hydrogen-bond donors (Lipinski definition) is 2. The van der Waals surface area contributed by atoms with Gasteiger partial charge in [-0.25, -0.2) is 24.4 Å². The van der Waals surface area contributed by atoms with Gasteiger partial charge in [-0.2, -0.15) is 13.2 Å². The monoisotopic (exact) mass is 496 g/mol. The van der Waals surface area contributed by atoms with Crippen molar-refractivity contribution in [2.75, 3.05) is 17.3 Å². The molecule has 0 saturated carbocycles. The zero-order valence-corrected chi connectivity index (χ0v) is 18.3. The number of aromatic amines is 1. The van der Waals surface area contributed by atoms with Gasteiger partial charge in [-0.15, -0.1) is 11.3 Å². The van der Waals surface area contributed by atoms with E-state index in [2.05, 4.69) is 20.1 Å². The SMILES string of the molecule is CN(C(=O)Nc1ccc2[nH]c(-c3cscn3)[n+](OC(=O)C(F)(F)F)c2c1)c1cccc(Cl)c1. The van der Waals surface area contributed by atoms with E-state index in [0.717, 1.165) is 0 Å². The summed E-state index contributed by atoms with van der Waals surface area (Å²) in [5, 5.41) is 4.67. The summed E-state index contributed by atoms with van der Waals surface area (Å²) < 4.78 is 39.3. The summed E-state index contributed by atoms with van der Waals surface area (Å²) in [4.78, 5) is 37.1. The molecule has 0 spiro atoms. The Morgan fingerprint density at radius 2 is 2.03 bits per heavy atom. The summed E-state index contributed by atoms with van der Waals surface area (Å²) in [6.45, 7) is 0. The first-order chi connectivity index (χ1) is 15.6. The second kappa shape index (κ2) is 8.71. The highest BCUT2D eigenvalue weighted by Crippen LogP contribution is 2.24. The molecule has 170 valence electrons. The second-order valence-electron chi connectivity index (χ2n) is 6.72. The van der Waals surface area contributed by atoms with Gasteiger partial charge in [0.25, 0.3) is 0 Å². The number of imidazole rings is 1. The van der Waals surface area contributed by atoms with Gasteiger partial charge in [0.15, 0.2) is 11.2 Å². The van der Waals surface area contributed by atoms with E-state index in [1.54, 1.807) is 35.7 Å². The Bertz CT molecular complexity index is 1340. The predicted octanol–water partition coefficient (Wildman–Crippen LogP) is 4.42. The molecule has 0 atom stereocenters. The van der Waals surface area contributed by atoms with Gasteiger partial charge in [0.2, 0.25) is 5.52 Å². The molecule has 33 heavy (non-hydrogen) atoms. The number of hydrogen-bond acceptors (Lipinski definition) is 5. The summed E-state index contributed by atoms with van der Waals surface area (Å²) >= 11 is 7.18. The standard InChI is InChI=1S/C20H13ClF3N5O3S/c1-28(13-4-2-3-11(21)7-13)19(31)26-12-5-6-14-16(8-12)29(32-18(30)20(22,23)24)17(27-14)15-9-33-10-25-15/h2-10H,1H3,(H,26,31)/p+1. The number of amides is 2. The number of carbonyl (C=O) groups is 2. The molecule has 0 fully saturated rings. The third-order valence-electron chi connectivity index (χ3n) is 4.50. The van der Waals surface area contributed by atoms with E-state index in [9.17, 15) is 22.8 Å². The van der Waals surface area contributed by atoms with E-state index in [0.29, 0.717) is 21.0 Å². The zero-order chi connectivity index (χ0) is 23.8. The van der Waals surface area contributed by atoms with Crippen molar-refractivity contribution in [3.63, 3.8) is 0 Å². The Hall–Kier alpha value is -3.64. The molecule has 2 amide bonds. The topological polar surface area (TPSA) is 91.2 Å². The van der Waals surface area contributed by atoms with Crippen molar-refractivity contribution in [3.05, 3.63) is 58.4 Å². The number of thiazole rings is 1. The predicted molar refractivity (Wildman–Crippen MR) is 116 cm³/mol. The smallest absolute Gasteiger partial charge is 0.307 e. The lowest BCUT2D eigenvalue weighted by Crippen LogP contribution is -2.51. The van der Waals surface area contributed by atoms with Crippen molar-refractivity contribution in [1.29, 1.82) is 0 Å². The van der Waals surface area contributed by atoms with Crippen LogP contribution in [0.25, 0.3) is 22.6 Å². The number of anilines is 2. The molecule has 0 aliphatic heterocycles. The Morgan fingerprint density at radius 1 is 1.24 bits per heavy atom. The number of benzene rings is 2. The van der Waals surface area contributed by atoms with Gasteiger partial charge in [-0.05, 0) is 35.1 Å².